The molecule has 0 radical (unpaired) electrons. The van der Waals surface area contributed by atoms with E-state index in [4.69, 9.17) is 22.7 Å². The smallest absolute Gasteiger partial charge is 0.104 e. The second-order valence-corrected chi connectivity index (χ2v) is 5.13. The second kappa shape index (κ2) is 6.12. The van der Waals surface area contributed by atoms with Crippen LogP contribution in [0.25, 0.3) is 0 Å². The van der Waals surface area contributed by atoms with Gasteiger partial charge in [0.15, 0.2) is 0 Å². The SMILES string of the molecule is NC(=S)c1ccccc1COCC1CCCC1. The largest absolute Gasteiger partial charge is 0.389 e. The van der Waals surface area contributed by atoms with Crippen molar-refractivity contribution in [3.05, 3.63) is 35.4 Å². The molecule has 17 heavy (non-hydrogen) atoms. The van der Waals surface area contributed by atoms with Gasteiger partial charge in [0.1, 0.15) is 4.99 Å². The minimum atomic E-state index is 0.449. The monoisotopic (exact) mass is 249 g/mol. The fourth-order valence-electron chi connectivity index (χ4n) is 2.40. The lowest BCUT2D eigenvalue weighted by atomic mass is 10.1. The van der Waals surface area contributed by atoms with Crippen molar-refractivity contribution in [2.75, 3.05) is 6.61 Å². The third-order valence-corrected chi connectivity index (χ3v) is 3.59. The summed E-state index contributed by atoms with van der Waals surface area (Å²) in [5.41, 5.74) is 7.72. The number of thiocarbonyl (C=S) groups is 1. The number of benzene rings is 1. The first-order valence-electron chi connectivity index (χ1n) is 6.23. The van der Waals surface area contributed by atoms with E-state index in [9.17, 15) is 0 Å². The van der Waals surface area contributed by atoms with Crippen molar-refractivity contribution in [3.63, 3.8) is 0 Å². The maximum absolute atomic E-state index is 5.78. The van der Waals surface area contributed by atoms with E-state index in [-0.39, 0.29) is 0 Å². The van der Waals surface area contributed by atoms with Gasteiger partial charge in [0.2, 0.25) is 0 Å². The van der Waals surface area contributed by atoms with Crippen LogP contribution in [-0.2, 0) is 11.3 Å². The molecule has 0 aliphatic heterocycles. The van der Waals surface area contributed by atoms with E-state index in [1.54, 1.807) is 0 Å². The second-order valence-electron chi connectivity index (χ2n) is 4.69. The Morgan fingerprint density at radius 1 is 1.29 bits per heavy atom. The Balaban J connectivity index is 1.87. The number of hydrogen-bond donors (Lipinski definition) is 1. The Morgan fingerprint density at radius 2 is 2.00 bits per heavy atom. The predicted octanol–water partition coefficient (Wildman–Crippen LogP) is 3.03. The number of hydrogen-bond acceptors (Lipinski definition) is 2. The van der Waals surface area contributed by atoms with E-state index in [2.05, 4.69) is 0 Å². The molecular formula is C14H19NOS. The molecule has 0 heterocycles. The highest BCUT2D eigenvalue weighted by Crippen LogP contribution is 2.25. The normalized spacial score (nSPS) is 16.2. The molecule has 0 spiro atoms. The maximum atomic E-state index is 5.78. The van der Waals surface area contributed by atoms with Crippen LogP contribution < -0.4 is 5.73 Å². The molecule has 0 amide bonds. The molecule has 2 rings (SSSR count). The molecule has 0 saturated heterocycles. The van der Waals surface area contributed by atoms with Gasteiger partial charge in [0.05, 0.1) is 6.61 Å². The average molecular weight is 249 g/mol. The minimum Gasteiger partial charge on any atom is -0.389 e. The van der Waals surface area contributed by atoms with Crippen LogP contribution in [0.15, 0.2) is 24.3 Å². The van der Waals surface area contributed by atoms with Gasteiger partial charge < -0.3 is 10.5 Å². The summed E-state index contributed by atoms with van der Waals surface area (Å²) in [5, 5.41) is 0. The van der Waals surface area contributed by atoms with Crippen molar-refractivity contribution in [1.82, 2.24) is 0 Å². The summed E-state index contributed by atoms with van der Waals surface area (Å²) in [5.74, 6) is 0.756. The molecule has 1 aliphatic rings. The standard InChI is InChI=1S/C14H19NOS/c15-14(17)13-8-4-3-7-12(13)10-16-9-11-5-1-2-6-11/h3-4,7-8,11H,1-2,5-6,9-10H2,(H2,15,17). The number of rotatable bonds is 5. The zero-order valence-corrected chi connectivity index (χ0v) is 10.8. The van der Waals surface area contributed by atoms with Crippen LogP contribution in [0.2, 0.25) is 0 Å². The van der Waals surface area contributed by atoms with E-state index in [1.165, 1.54) is 25.7 Å². The molecule has 92 valence electrons. The quantitative estimate of drug-likeness (QED) is 0.815. The Labute approximate surface area is 108 Å². The van der Waals surface area contributed by atoms with Crippen molar-refractivity contribution in [1.29, 1.82) is 0 Å². The molecule has 1 aromatic rings. The molecule has 0 unspecified atom stereocenters. The zero-order chi connectivity index (χ0) is 12.1. The number of ether oxygens (including phenoxy) is 1. The highest BCUT2D eigenvalue weighted by atomic mass is 32.1. The molecular weight excluding hydrogens is 230 g/mol. The Hall–Kier alpha value is -0.930. The van der Waals surface area contributed by atoms with E-state index < -0.39 is 0 Å². The van der Waals surface area contributed by atoms with Gasteiger partial charge in [-0.1, -0.05) is 49.3 Å². The van der Waals surface area contributed by atoms with E-state index in [1.807, 2.05) is 24.3 Å². The zero-order valence-electron chi connectivity index (χ0n) is 10.0. The van der Waals surface area contributed by atoms with Crippen molar-refractivity contribution >= 4 is 17.2 Å². The van der Waals surface area contributed by atoms with Gasteiger partial charge in [0.25, 0.3) is 0 Å². The highest BCUT2D eigenvalue weighted by Gasteiger charge is 2.15. The molecule has 0 atom stereocenters. The molecule has 2 nitrogen and oxygen atoms in total. The van der Waals surface area contributed by atoms with Gasteiger partial charge in [0, 0.05) is 12.2 Å². The van der Waals surface area contributed by atoms with Gasteiger partial charge in [-0.25, -0.2) is 0 Å². The summed E-state index contributed by atoms with van der Waals surface area (Å²) < 4.78 is 5.78. The van der Waals surface area contributed by atoms with Crippen molar-refractivity contribution < 1.29 is 4.74 Å². The van der Waals surface area contributed by atoms with Crippen LogP contribution in [-0.4, -0.2) is 11.6 Å². The molecule has 0 bridgehead atoms. The average Bonchev–Trinajstić information content (AvgIpc) is 2.82. The van der Waals surface area contributed by atoms with Crippen LogP contribution in [0.3, 0.4) is 0 Å². The van der Waals surface area contributed by atoms with Crippen LogP contribution >= 0.6 is 12.2 Å². The van der Waals surface area contributed by atoms with Crippen LogP contribution in [0.4, 0.5) is 0 Å². The molecule has 1 saturated carbocycles. The molecule has 3 heteroatoms. The van der Waals surface area contributed by atoms with Crippen molar-refractivity contribution in [2.24, 2.45) is 11.7 Å². The summed E-state index contributed by atoms with van der Waals surface area (Å²) in [6.07, 6.45) is 5.35. The van der Waals surface area contributed by atoms with Crippen molar-refractivity contribution in [3.8, 4) is 0 Å². The summed E-state index contributed by atoms with van der Waals surface area (Å²) in [6.45, 7) is 1.48. The van der Waals surface area contributed by atoms with Crippen molar-refractivity contribution in [2.45, 2.75) is 32.3 Å². The summed E-state index contributed by atoms with van der Waals surface area (Å²) in [4.78, 5) is 0.449. The topological polar surface area (TPSA) is 35.2 Å². The lowest BCUT2D eigenvalue weighted by Gasteiger charge is -2.12. The first-order chi connectivity index (χ1) is 8.27. The van der Waals surface area contributed by atoms with E-state index in [0.717, 1.165) is 23.7 Å². The first-order valence-corrected chi connectivity index (χ1v) is 6.63. The third-order valence-electron chi connectivity index (χ3n) is 3.37. The fourth-order valence-corrected chi connectivity index (χ4v) is 2.60. The summed E-state index contributed by atoms with van der Waals surface area (Å²) in [6, 6.07) is 7.94. The Morgan fingerprint density at radius 3 is 2.71 bits per heavy atom. The third kappa shape index (κ3) is 3.51. The van der Waals surface area contributed by atoms with Crippen LogP contribution in [0.1, 0.15) is 36.8 Å². The Bertz CT molecular complexity index is 386. The minimum absolute atomic E-state index is 0.449. The van der Waals surface area contributed by atoms with Gasteiger partial charge in [-0.3, -0.25) is 0 Å². The Kier molecular flexibility index (Phi) is 4.51. The lowest BCUT2D eigenvalue weighted by Crippen LogP contribution is -2.13. The molecule has 1 aliphatic carbocycles. The van der Waals surface area contributed by atoms with E-state index in [0.29, 0.717) is 11.6 Å². The van der Waals surface area contributed by atoms with Gasteiger partial charge >= 0.3 is 0 Å². The van der Waals surface area contributed by atoms with Gasteiger partial charge in [-0.05, 0) is 24.3 Å². The van der Waals surface area contributed by atoms with Gasteiger partial charge in [-0.2, -0.15) is 0 Å². The molecule has 2 N–H and O–H groups in total. The van der Waals surface area contributed by atoms with E-state index >= 15 is 0 Å². The summed E-state index contributed by atoms with van der Waals surface area (Å²) in [7, 11) is 0. The predicted molar refractivity (Wildman–Crippen MR) is 73.9 cm³/mol. The highest BCUT2D eigenvalue weighted by molar-refractivity contribution is 7.80. The lowest BCUT2D eigenvalue weighted by molar-refractivity contribution is 0.0888. The maximum Gasteiger partial charge on any atom is 0.104 e. The summed E-state index contributed by atoms with van der Waals surface area (Å²) >= 11 is 5.03. The molecule has 0 aromatic heterocycles. The van der Waals surface area contributed by atoms with Crippen LogP contribution in [0.5, 0.6) is 0 Å². The molecule has 1 aromatic carbocycles. The molecule has 1 fully saturated rings. The van der Waals surface area contributed by atoms with Crippen LogP contribution in [0, 0.1) is 5.92 Å². The van der Waals surface area contributed by atoms with Gasteiger partial charge in [-0.15, -0.1) is 0 Å². The fraction of sp³-hybridized carbons (Fsp3) is 0.500. The first kappa shape index (κ1) is 12.5. The number of nitrogens with two attached hydrogens (primary N) is 1.